The van der Waals surface area contributed by atoms with Gasteiger partial charge < -0.3 is 15.4 Å². The summed E-state index contributed by atoms with van der Waals surface area (Å²) in [5, 5.41) is 12.1. The Morgan fingerprint density at radius 3 is 2.42 bits per heavy atom. The first kappa shape index (κ1) is 21.7. The molecule has 0 spiro atoms. The molecular formula is C10H11F5N4O6S. The highest BCUT2D eigenvalue weighted by Gasteiger charge is 2.57. The van der Waals surface area contributed by atoms with E-state index in [0.29, 0.717) is 17.0 Å². The summed E-state index contributed by atoms with van der Waals surface area (Å²) in [5.41, 5.74) is 0. The summed E-state index contributed by atoms with van der Waals surface area (Å²) < 4.78 is 88.3. The van der Waals surface area contributed by atoms with Crippen LogP contribution in [-0.2, 0) is 32.2 Å². The molecule has 26 heavy (non-hydrogen) atoms. The maximum Gasteiger partial charge on any atom is 0.455 e. The standard InChI is InChI=1S/C10H11F5N4O6S/c1-26(23,24)25-4-6-16-2-8(19(21)22)18(6)3-7(20)17-5-9(11,12)10(13,14)15/h2H,3-5H2,1H3,(H,17,20). The first-order valence-electron chi connectivity index (χ1n) is 6.38. The third kappa shape index (κ3) is 5.87. The van der Waals surface area contributed by atoms with Crippen molar-refractivity contribution in [1.29, 1.82) is 0 Å². The average molecular weight is 410 g/mol. The van der Waals surface area contributed by atoms with Gasteiger partial charge in [-0.25, -0.2) is 4.98 Å². The van der Waals surface area contributed by atoms with Gasteiger partial charge in [0.2, 0.25) is 5.82 Å². The van der Waals surface area contributed by atoms with Crippen LogP contribution in [0.25, 0.3) is 0 Å². The minimum Gasteiger partial charge on any atom is -0.358 e. The van der Waals surface area contributed by atoms with Gasteiger partial charge in [0.05, 0.1) is 12.8 Å². The number of hydrogen-bond acceptors (Lipinski definition) is 7. The van der Waals surface area contributed by atoms with E-state index in [1.165, 1.54) is 5.32 Å². The molecule has 0 aromatic carbocycles. The first-order valence-corrected chi connectivity index (χ1v) is 8.20. The third-order valence-electron chi connectivity index (χ3n) is 2.73. The average Bonchev–Trinajstić information content (AvgIpc) is 2.84. The van der Waals surface area contributed by atoms with Crippen LogP contribution in [0.3, 0.4) is 0 Å². The summed E-state index contributed by atoms with van der Waals surface area (Å²) in [6.45, 7) is -3.96. The normalized spacial score (nSPS) is 12.8. The second kappa shape index (κ2) is 7.48. The van der Waals surface area contributed by atoms with Crippen LogP contribution in [0.5, 0.6) is 0 Å². The Hall–Kier alpha value is -2.36. The number of nitrogens with one attached hydrogen (secondary N) is 1. The van der Waals surface area contributed by atoms with Gasteiger partial charge in [-0.1, -0.05) is 0 Å². The maximum absolute atomic E-state index is 12.8. The lowest BCUT2D eigenvalue weighted by Crippen LogP contribution is -2.47. The fraction of sp³-hybridized carbons (Fsp3) is 0.600. The van der Waals surface area contributed by atoms with Crippen molar-refractivity contribution in [2.75, 3.05) is 12.8 Å². The topological polar surface area (TPSA) is 133 Å². The number of hydrogen-bond donors (Lipinski definition) is 1. The molecule has 0 aliphatic heterocycles. The van der Waals surface area contributed by atoms with E-state index in [0.717, 1.165) is 0 Å². The van der Waals surface area contributed by atoms with E-state index < -0.39 is 64.4 Å². The van der Waals surface area contributed by atoms with Gasteiger partial charge in [-0.15, -0.1) is 0 Å². The zero-order valence-corrected chi connectivity index (χ0v) is 13.6. The van der Waals surface area contributed by atoms with Crippen LogP contribution in [0.2, 0.25) is 0 Å². The summed E-state index contributed by atoms with van der Waals surface area (Å²) in [4.78, 5) is 24.9. The van der Waals surface area contributed by atoms with Gasteiger partial charge in [0.15, 0.2) is 6.54 Å². The molecule has 0 atom stereocenters. The van der Waals surface area contributed by atoms with Crippen LogP contribution in [0.15, 0.2) is 6.20 Å². The summed E-state index contributed by atoms with van der Waals surface area (Å²) in [6, 6.07) is 0. The maximum atomic E-state index is 12.8. The zero-order valence-electron chi connectivity index (χ0n) is 12.8. The van der Waals surface area contributed by atoms with Gasteiger partial charge in [0.25, 0.3) is 16.0 Å². The largest absolute Gasteiger partial charge is 0.455 e. The van der Waals surface area contributed by atoms with Gasteiger partial charge in [0.1, 0.15) is 12.8 Å². The predicted octanol–water partition coefficient (Wildman–Crippen LogP) is 0.581. The van der Waals surface area contributed by atoms with E-state index in [-0.39, 0.29) is 0 Å². The van der Waals surface area contributed by atoms with Gasteiger partial charge in [0, 0.05) is 0 Å². The van der Waals surface area contributed by atoms with Crippen LogP contribution in [0.4, 0.5) is 27.8 Å². The minimum absolute atomic E-state index is 0.431. The lowest BCUT2D eigenvalue weighted by molar-refractivity contribution is -0.392. The van der Waals surface area contributed by atoms with E-state index >= 15 is 0 Å². The lowest BCUT2D eigenvalue weighted by Gasteiger charge is -2.19. The minimum atomic E-state index is -5.89. The number of nitrogens with zero attached hydrogens (tertiary/aromatic N) is 3. The van der Waals surface area contributed by atoms with Crippen LogP contribution < -0.4 is 5.32 Å². The van der Waals surface area contributed by atoms with Gasteiger partial charge in [-0.2, -0.15) is 34.9 Å². The number of rotatable bonds is 8. The second-order valence-corrected chi connectivity index (χ2v) is 6.47. The molecule has 0 radical (unpaired) electrons. The van der Waals surface area contributed by atoms with E-state index in [1.807, 2.05) is 0 Å². The van der Waals surface area contributed by atoms with E-state index in [4.69, 9.17) is 0 Å². The Balaban J connectivity index is 2.91. The van der Waals surface area contributed by atoms with Crippen molar-refractivity contribution in [3.63, 3.8) is 0 Å². The Kier molecular flexibility index (Phi) is 6.24. The highest BCUT2D eigenvalue weighted by atomic mass is 32.2. The third-order valence-corrected chi connectivity index (χ3v) is 3.28. The van der Waals surface area contributed by atoms with Crippen LogP contribution >= 0.6 is 0 Å². The monoisotopic (exact) mass is 410 g/mol. The summed E-state index contributed by atoms with van der Waals surface area (Å²) in [5.74, 6) is -7.88. The van der Waals surface area contributed by atoms with E-state index in [2.05, 4.69) is 9.17 Å². The fourth-order valence-electron chi connectivity index (χ4n) is 1.51. The van der Waals surface area contributed by atoms with Crippen molar-refractivity contribution < 1.29 is 44.3 Å². The van der Waals surface area contributed by atoms with Crippen LogP contribution in [0.1, 0.15) is 5.82 Å². The Bertz CT molecular complexity index is 790. The predicted molar refractivity (Wildman–Crippen MR) is 72.5 cm³/mol. The molecule has 0 fully saturated rings. The molecule has 148 valence electrons. The lowest BCUT2D eigenvalue weighted by atomic mass is 10.3. The molecule has 0 aliphatic carbocycles. The molecule has 1 rings (SSSR count). The Morgan fingerprint density at radius 2 is 1.96 bits per heavy atom. The molecule has 1 amide bonds. The Labute approximate surface area is 142 Å². The van der Waals surface area contributed by atoms with Crippen molar-refractivity contribution in [2.45, 2.75) is 25.3 Å². The molecule has 0 saturated heterocycles. The molecule has 16 heteroatoms. The molecule has 0 bridgehead atoms. The number of imidazole rings is 1. The second-order valence-electron chi connectivity index (χ2n) is 4.82. The number of halogens is 5. The van der Waals surface area contributed by atoms with E-state index in [9.17, 15) is 45.3 Å². The van der Waals surface area contributed by atoms with Crippen molar-refractivity contribution in [3.8, 4) is 0 Å². The van der Waals surface area contributed by atoms with Crippen LogP contribution in [0, 0.1) is 10.1 Å². The summed E-state index contributed by atoms with van der Waals surface area (Å²) in [7, 11) is -3.97. The fourth-order valence-corrected chi connectivity index (χ4v) is 1.83. The molecule has 1 heterocycles. The highest BCUT2D eigenvalue weighted by molar-refractivity contribution is 7.85. The number of amides is 1. The molecule has 0 saturated carbocycles. The molecule has 0 unspecified atom stereocenters. The summed E-state index contributed by atoms with van der Waals surface area (Å²) >= 11 is 0. The van der Waals surface area contributed by atoms with Gasteiger partial charge >= 0.3 is 17.9 Å². The number of nitro groups is 1. The number of aromatic nitrogens is 2. The SMILES string of the molecule is CS(=O)(=O)OCc1ncc([N+](=O)[O-])n1CC(=O)NCC(F)(F)C(F)(F)F. The quantitative estimate of drug-likeness (QED) is 0.287. The van der Waals surface area contributed by atoms with Crippen LogP contribution in [-0.4, -0.2) is 53.7 Å². The Morgan fingerprint density at radius 1 is 1.38 bits per heavy atom. The molecule has 0 aliphatic rings. The number of carbonyl (C=O) groups is 1. The smallest absolute Gasteiger partial charge is 0.358 e. The summed E-state index contributed by atoms with van der Waals surface area (Å²) in [6.07, 6.45) is -4.59. The molecular weight excluding hydrogens is 399 g/mol. The first-order chi connectivity index (χ1) is 11.6. The zero-order chi connectivity index (χ0) is 20.3. The number of alkyl halides is 5. The van der Waals surface area contributed by atoms with Crippen molar-refractivity contribution in [1.82, 2.24) is 14.9 Å². The van der Waals surface area contributed by atoms with E-state index in [1.54, 1.807) is 0 Å². The molecule has 1 aromatic rings. The number of carbonyl (C=O) groups excluding carboxylic acids is 1. The molecule has 1 N–H and O–H groups in total. The molecule has 1 aromatic heterocycles. The highest BCUT2D eigenvalue weighted by Crippen LogP contribution is 2.34. The van der Waals surface area contributed by atoms with Crippen molar-refractivity contribution in [2.24, 2.45) is 0 Å². The van der Waals surface area contributed by atoms with Gasteiger partial charge in [-0.3, -0.25) is 8.98 Å². The van der Waals surface area contributed by atoms with Gasteiger partial charge in [-0.05, 0) is 4.92 Å². The van der Waals surface area contributed by atoms with Crippen molar-refractivity contribution >= 4 is 21.8 Å². The van der Waals surface area contributed by atoms with Crippen molar-refractivity contribution in [3.05, 3.63) is 22.1 Å². The molecule has 10 nitrogen and oxygen atoms in total.